The fourth-order valence-corrected chi connectivity index (χ4v) is 5.88. The van der Waals surface area contributed by atoms with E-state index < -0.39 is 0 Å². The Hall–Kier alpha value is -2.92. The van der Waals surface area contributed by atoms with Gasteiger partial charge in [-0.25, -0.2) is 0 Å². The first-order valence-electron chi connectivity index (χ1n) is 13.6. The van der Waals surface area contributed by atoms with E-state index in [-0.39, 0.29) is 57.8 Å². The van der Waals surface area contributed by atoms with Crippen molar-refractivity contribution >= 4 is 39.7 Å². The van der Waals surface area contributed by atoms with Gasteiger partial charge in [-0.1, -0.05) is 50.7 Å². The zero-order valence-corrected chi connectivity index (χ0v) is 26.5. The maximum atomic E-state index is 12.6. The summed E-state index contributed by atoms with van der Waals surface area (Å²) in [6.07, 6.45) is 6.95. The number of hydrogen-bond donors (Lipinski definition) is 2. The largest absolute Gasteiger partial charge is 0.470 e. The summed E-state index contributed by atoms with van der Waals surface area (Å²) < 4.78 is 5.08. The van der Waals surface area contributed by atoms with Crippen LogP contribution in [-0.2, 0) is 55.9 Å². The Morgan fingerprint density at radius 2 is 1.73 bits per heavy atom. The molecule has 2 radical (unpaired) electrons. The predicted octanol–water partition coefficient (Wildman–Crippen LogP) is 7.21. The van der Waals surface area contributed by atoms with Crippen LogP contribution in [0.1, 0.15) is 89.6 Å². The molecule has 2 aliphatic heterocycles. The Balaban J connectivity index is 0.00000231. The minimum atomic E-state index is -0.330. The fourth-order valence-electron chi connectivity index (χ4n) is 5.88. The molecular formula is C33H36Co2N4O2-2. The third-order valence-electron chi connectivity index (χ3n) is 8.29. The number of nitrogens with one attached hydrogen (secondary N) is 2. The van der Waals surface area contributed by atoms with Crippen molar-refractivity contribution in [1.29, 1.82) is 0 Å². The number of H-pyrrole nitrogens is 2. The van der Waals surface area contributed by atoms with Crippen molar-refractivity contribution in [2.45, 2.75) is 65.7 Å². The summed E-state index contributed by atoms with van der Waals surface area (Å²) in [5.74, 6) is -0.168. The molecular weight excluding hydrogens is 602 g/mol. The average molecular weight is 639 g/mol. The van der Waals surface area contributed by atoms with Crippen molar-refractivity contribution in [2.24, 2.45) is 0 Å². The minimum absolute atomic E-state index is 0. The number of aryl methyl sites for hydroxylation is 3. The molecule has 0 amide bonds. The molecule has 0 fully saturated rings. The number of aromatic nitrogens is 4. The van der Waals surface area contributed by atoms with Crippen molar-refractivity contribution < 1.29 is 43.1 Å². The first kappa shape index (κ1) is 32.6. The summed E-state index contributed by atoms with van der Waals surface area (Å²) in [7, 11) is 1.41. The van der Waals surface area contributed by atoms with Crippen molar-refractivity contribution in [3.8, 4) is 0 Å². The van der Waals surface area contributed by atoms with Gasteiger partial charge >= 0.3 is 0 Å². The predicted molar refractivity (Wildman–Crippen MR) is 158 cm³/mol. The van der Waals surface area contributed by atoms with E-state index in [1.54, 1.807) is 0 Å². The summed E-state index contributed by atoms with van der Waals surface area (Å²) >= 11 is 0. The molecule has 2 N–H and O–H groups in total. The number of fused-ring (bicyclic) bond motifs is 8. The number of carbonyl (C=O) groups is 1. The van der Waals surface area contributed by atoms with Crippen molar-refractivity contribution in [1.82, 2.24) is 19.9 Å². The first-order chi connectivity index (χ1) is 18.7. The molecule has 5 rings (SSSR count). The molecule has 0 unspecified atom stereocenters. The maximum absolute atomic E-state index is 12.6. The normalized spacial score (nSPS) is 15.9. The van der Waals surface area contributed by atoms with Crippen LogP contribution in [0, 0.1) is 26.8 Å². The summed E-state index contributed by atoms with van der Waals surface area (Å²) in [4.78, 5) is 30.0. The van der Waals surface area contributed by atoms with Crippen molar-refractivity contribution in [2.75, 3.05) is 7.11 Å². The third kappa shape index (κ3) is 5.75. The molecule has 5 heterocycles. The Morgan fingerprint density at radius 3 is 2.37 bits per heavy atom. The van der Waals surface area contributed by atoms with Gasteiger partial charge in [-0.15, -0.1) is 5.57 Å². The molecule has 2 aliphatic rings. The number of carbonyl (C=O) groups excluding carboxylic acids is 1. The molecule has 0 spiro atoms. The van der Waals surface area contributed by atoms with Gasteiger partial charge in [0, 0.05) is 79.2 Å². The van der Waals surface area contributed by atoms with Crippen LogP contribution in [0.4, 0.5) is 0 Å². The van der Waals surface area contributed by atoms with E-state index in [1.807, 2.05) is 13.0 Å². The zero-order chi connectivity index (χ0) is 28.0. The van der Waals surface area contributed by atoms with E-state index in [4.69, 9.17) is 14.7 Å². The van der Waals surface area contributed by atoms with Gasteiger partial charge < -0.3 is 26.6 Å². The standard InChI is InChI=1S/C33H36N4O2.2Co/c1-9-21-19(6)27-16-31-22(10-2)18(5)26(35-31)15-28-20(7)23(11-3)33(37-28)24(13-32(38)39-8)29-12-17(4)25(34-29)14-30(21)36-27;;/h10,14-16,20,23,35-36H,2-3,9,11,13H2,1,4-8H3;;/q-2;;/t20-,23-;;/m0../s1. The summed E-state index contributed by atoms with van der Waals surface area (Å²) in [5.41, 5.74) is 13.6. The molecule has 3 aromatic rings. The van der Waals surface area contributed by atoms with Crippen LogP contribution < -0.4 is 0 Å². The zero-order valence-electron chi connectivity index (χ0n) is 24.4. The number of rotatable bonds is 5. The molecule has 0 saturated carbocycles. The van der Waals surface area contributed by atoms with Gasteiger partial charge in [0.2, 0.25) is 0 Å². The molecule has 0 aromatic carbocycles. The average Bonchev–Trinajstić information content (AvgIpc) is 3.61. The number of esters is 1. The SMILES string of the molecule is C=Cc1c(C)c2cc3nc(c(CC(=O)OC)c4nc(cc5[nH]c(cc1[nH]2)c(C)c5CC)C(C)=[C-]4)[C@@H](C[CH2-])[C@@H]3C.[Co].[Co]. The minimum Gasteiger partial charge on any atom is -0.470 e. The number of allylic oxidation sites excluding steroid dienone is 1. The Labute approximate surface area is 262 Å². The molecule has 0 aliphatic carbocycles. The van der Waals surface area contributed by atoms with Gasteiger partial charge in [0.05, 0.1) is 7.11 Å². The van der Waals surface area contributed by atoms with Crippen LogP contribution in [0.5, 0.6) is 0 Å². The van der Waals surface area contributed by atoms with Crippen molar-refractivity contribution in [3.05, 3.63) is 88.4 Å². The van der Waals surface area contributed by atoms with Crippen LogP contribution in [0.3, 0.4) is 0 Å². The summed E-state index contributed by atoms with van der Waals surface area (Å²) in [6.45, 7) is 18.9. The monoisotopic (exact) mass is 638 g/mol. The second-order valence-electron chi connectivity index (χ2n) is 10.5. The fraction of sp³-hybridized carbons (Fsp3) is 0.333. The van der Waals surface area contributed by atoms with E-state index in [0.717, 1.165) is 67.8 Å². The molecule has 6 nitrogen and oxygen atoms in total. The Morgan fingerprint density at radius 1 is 1.05 bits per heavy atom. The van der Waals surface area contributed by atoms with Gasteiger partial charge in [-0.3, -0.25) is 9.78 Å². The van der Waals surface area contributed by atoms with Crippen LogP contribution in [-0.4, -0.2) is 33.0 Å². The Bertz CT molecular complexity index is 1700. The number of methoxy groups -OCH3 is 1. The van der Waals surface area contributed by atoms with Crippen molar-refractivity contribution in [3.63, 3.8) is 0 Å². The molecule has 8 bridgehead atoms. The molecule has 0 saturated heterocycles. The first-order valence-corrected chi connectivity index (χ1v) is 13.6. The van der Waals surface area contributed by atoms with E-state index in [1.165, 1.54) is 18.2 Å². The van der Waals surface area contributed by atoms with E-state index in [9.17, 15) is 4.79 Å². The topological polar surface area (TPSA) is 83.7 Å². The quantitative estimate of drug-likeness (QED) is 0.229. The number of ether oxygens (including phenoxy) is 1. The molecule has 3 aromatic heterocycles. The van der Waals surface area contributed by atoms with Crippen LogP contribution in [0.15, 0.2) is 24.8 Å². The van der Waals surface area contributed by atoms with E-state index in [0.29, 0.717) is 12.1 Å². The number of hydrogen-bond acceptors (Lipinski definition) is 4. The van der Waals surface area contributed by atoms with Crippen LogP contribution >= 0.6 is 0 Å². The van der Waals surface area contributed by atoms with Gasteiger partial charge in [0.15, 0.2) is 0 Å². The van der Waals surface area contributed by atoms with E-state index >= 15 is 0 Å². The smallest absolute Gasteiger partial charge is 0.298 e. The third-order valence-corrected chi connectivity index (χ3v) is 8.29. The second-order valence-corrected chi connectivity index (χ2v) is 10.5. The molecule has 8 heteroatoms. The second kappa shape index (κ2) is 12.9. The van der Waals surface area contributed by atoms with Crippen LogP contribution in [0.25, 0.3) is 33.7 Å². The number of nitrogens with zero attached hydrogens (tertiary/aromatic N) is 2. The van der Waals surface area contributed by atoms with Crippen LogP contribution in [0.2, 0.25) is 0 Å². The maximum Gasteiger partial charge on any atom is 0.298 e. The molecule has 2 atom stereocenters. The van der Waals surface area contributed by atoms with E-state index in [2.05, 4.69) is 75.4 Å². The molecule has 41 heavy (non-hydrogen) atoms. The summed E-state index contributed by atoms with van der Waals surface area (Å²) in [5, 5.41) is 0. The Kier molecular flexibility index (Phi) is 10.3. The van der Waals surface area contributed by atoms with Gasteiger partial charge in [-0.05, 0) is 66.4 Å². The molecule has 220 valence electrons. The number of aromatic amines is 2. The van der Waals surface area contributed by atoms with Gasteiger partial charge in [-0.2, -0.15) is 12.5 Å². The summed E-state index contributed by atoms with van der Waals surface area (Å²) in [6, 6.07) is 6.38. The van der Waals surface area contributed by atoms with Gasteiger partial charge in [0.1, 0.15) is 0 Å². The van der Waals surface area contributed by atoms with Gasteiger partial charge in [0.25, 0.3) is 5.97 Å².